The average Bonchev–Trinajstić information content (AvgIpc) is 1.57. The monoisotopic (exact) mass is 1150 g/mol. The highest BCUT2D eigenvalue weighted by atomic mass is 15.2. The van der Waals surface area contributed by atoms with Gasteiger partial charge in [-0.25, -0.2) is 9.97 Å². The molecule has 5 aromatic heterocycles. The third-order valence-electron chi connectivity index (χ3n) is 18.4. The largest absolute Gasteiger partial charge is 0.307 e. The Bertz CT molecular complexity index is 5580. The summed E-state index contributed by atoms with van der Waals surface area (Å²) in [7, 11) is 0. The zero-order valence-electron chi connectivity index (χ0n) is 50.6. The summed E-state index contributed by atoms with van der Waals surface area (Å²) in [6.45, 7) is 13.9. The molecule has 0 fully saturated rings. The molecule has 0 aliphatic heterocycles. The molecule has 17 aromatic rings. The summed E-state index contributed by atoms with van der Waals surface area (Å²) < 4.78 is 12.2. The van der Waals surface area contributed by atoms with E-state index in [1.807, 2.05) is 0 Å². The van der Waals surface area contributed by atoms with E-state index in [0.717, 1.165) is 139 Å². The lowest BCUT2D eigenvalue weighted by Crippen LogP contribution is -2.11. The first-order valence-electron chi connectivity index (χ1n) is 30.9. The predicted molar refractivity (Wildman–Crippen MR) is 372 cm³/mol. The van der Waals surface area contributed by atoms with Gasteiger partial charge in [-0.05, 0) is 157 Å². The minimum Gasteiger partial charge on any atom is -0.307 e. The third kappa shape index (κ3) is 8.40. The van der Waals surface area contributed by atoms with E-state index in [4.69, 9.17) is 9.97 Å². The fourth-order valence-corrected chi connectivity index (χ4v) is 13.8. The van der Waals surface area contributed by atoms with Crippen molar-refractivity contribution in [1.29, 1.82) is 0 Å². The quantitative estimate of drug-likeness (QED) is 0.152. The van der Waals surface area contributed by atoms with Gasteiger partial charge in [0.2, 0.25) is 11.6 Å². The van der Waals surface area contributed by atoms with Crippen LogP contribution in [0.4, 0.5) is 0 Å². The smallest absolute Gasteiger partial charge is 0.220 e. The van der Waals surface area contributed by atoms with Gasteiger partial charge in [-0.3, -0.25) is 17.9 Å². The molecule has 0 bridgehead atoms. The first kappa shape index (κ1) is 52.3. The first-order valence-corrected chi connectivity index (χ1v) is 30.9. The summed E-state index contributed by atoms with van der Waals surface area (Å²) in [6.07, 6.45) is 0. The fraction of sp³-hybridized carbons (Fsp3) is 0.0976. The molecule has 0 saturated carbocycles. The van der Waals surface area contributed by atoms with E-state index in [1.165, 1.54) is 21.9 Å². The SMILES string of the molecule is CC(C)(C)c1ccc2c(c1)c1cc(C(C)(C)C)ccc1n2-c1cc(-c2ccccc2)c(-n2c3ccc(-c4ccccc4)cc3n3c4cc(-c5ccccc5)ccc4nc23)cc1-n1c2ccc(-c3ccccc3)cc2n2c3cc(-c4ccccc4)ccc3nc12. The van der Waals surface area contributed by atoms with Crippen molar-refractivity contribution in [3.63, 3.8) is 0 Å². The van der Waals surface area contributed by atoms with Crippen LogP contribution in [0.5, 0.6) is 0 Å². The van der Waals surface area contributed by atoms with Crippen molar-refractivity contribution < 1.29 is 0 Å². The highest BCUT2D eigenvalue weighted by molar-refractivity contribution is 6.11. The zero-order valence-corrected chi connectivity index (χ0v) is 50.6. The van der Waals surface area contributed by atoms with Crippen LogP contribution in [-0.4, -0.2) is 32.5 Å². The molecule has 7 nitrogen and oxygen atoms in total. The van der Waals surface area contributed by atoms with Gasteiger partial charge < -0.3 is 4.57 Å². The molecule has 0 amide bonds. The number of nitrogens with zero attached hydrogens (tertiary/aromatic N) is 7. The molecule has 5 heterocycles. The maximum atomic E-state index is 5.76. The molecule has 0 aliphatic carbocycles. The number of hydrogen-bond donors (Lipinski definition) is 0. The summed E-state index contributed by atoms with van der Waals surface area (Å²) in [6, 6.07) is 100. The maximum Gasteiger partial charge on any atom is 0.220 e. The Labute approximate surface area is 516 Å². The van der Waals surface area contributed by atoms with Crippen LogP contribution >= 0.6 is 0 Å². The van der Waals surface area contributed by atoms with Crippen LogP contribution in [0.2, 0.25) is 0 Å². The Hall–Kier alpha value is -11.0. The second kappa shape index (κ2) is 19.8. The molecule has 7 heteroatoms. The maximum absolute atomic E-state index is 5.76. The zero-order chi connectivity index (χ0) is 59.9. The van der Waals surface area contributed by atoms with Gasteiger partial charge in [0, 0.05) is 16.3 Å². The lowest BCUT2D eigenvalue weighted by molar-refractivity contribution is 0.590. The van der Waals surface area contributed by atoms with Gasteiger partial charge in [0.05, 0.1) is 72.2 Å². The Morgan fingerprint density at radius 1 is 0.247 bits per heavy atom. The number of fused-ring (bicyclic) bond motifs is 13. The summed E-state index contributed by atoms with van der Waals surface area (Å²) in [5, 5.41) is 2.44. The van der Waals surface area contributed by atoms with Crippen molar-refractivity contribution in [3.05, 3.63) is 284 Å². The average molecular weight is 1150 g/mol. The molecule has 0 saturated heterocycles. The molecule has 0 unspecified atom stereocenters. The number of imidazole rings is 4. The van der Waals surface area contributed by atoms with Crippen LogP contribution in [0, 0.1) is 0 Å². The summed E-state index contributed by atoms with van der Waals surface area (Å²) >= 11 is 0. The molecule has 17 rings (SSSR count). The summed E-state index contributed by atoms with van der Waals surface area (Å²) in [4.78, 5) is 11.5. The fourth-order valence-electron chi connectivity index (χ4n) is 13.8. The van der Waals surface area contributed by atoms with E-state index in [0.29, 0.717) is 0 Å². The first-order chi connectivity index (χ1) is 43.4. The molecule has 0 radical (unpaired) electrons. The highest BCUT2D eigenvalue weighted by Crippen LogP contribution is 2.46. The van der Waals surface area contributed by atoms with E-state index in [1.54, 1.807) is 0 Å². The van der Waals surface area contributed by atoms with Crippen LogP contribution in [-0.2, 0) is 10.8 Å². The predicted octanol–water partition coefficient (Wildman–Crippen LogP) is 21.2. The van der Waals surface area contributed by atoms with E-state index in [9.17, 15) is 0 Å². The minimum atomic E-state index is -0.0810. The van der Waals surface area contributed by atoms with Crippen LogP contribution in [0.1, 0.15) is 52.7 Å². The molecular weight excluding hydrogens is 1080 g/mol. The highest BCUT2D eigenvalue weighted by Gasteiger charge is 2.29. The molecule has 12 aromatic carbocycles. The van der Waals surface area contributed by atoms with Crippen molar-refractivity contribution >= 4 is 77.5 Å². The van der Waals surface area contributed by atoms with Gasteiger partial charge in [-0.1, -0.05) is 230 Å². The van der Waals surface area contributed by atoms with E-state index in [2.05, 4.69) is 337 Å². The molecular formula is C82H63N7. The van der Waals surface area contributed by atoms with E-state index in [-0.39, 0.29) is 10.8 Å². The van der Waals surface area contributed by atoms with Crippen LogP contribution in [0.3, 0.4) is 0 Å². The standard InChI is InChI=1S/C82H63N7/c1-81(2,3)61-36-42-68-64(48-61)65-49-62(82(4,5)6)37-43-69(65)85(68)77-50-63(56-30-20-11-21-31-56)72(86-70-40-34-59(54-26-16-9-17-27-54)46-75(70)88-73-44-57(52-22-12-7-13-23-52)32-38-66(73)83-79(86)88)51-78(77)87-71-41-35-60(55-28-18-10-19-29-55)47-76(71)89-74-45-58(53-24-14-8-15-25-53)33-39-67(74)84-80(87)89/h7-51H,1-6H3. The van der Waals surface area contributed by atoms with Crippen LogP contribution in [0.15, 0.2) is 273 Å². The Morgan fingerprint density at radius 3 is 0.978 bits per heavy atom. The van der Waals surface area contributed by atoms with Crippen molar-refractivity contribution in [1.82, 2.24) is 32.5 Å². The normalized spacial score (nSPS) is 12.4. The van der Waals surface area contributed by atoms with Gasteiger partial charge in [0.15, 0.2) is 0 Å². The lowest BCUT2D eigenvalue weighted by Gasteiger charge is -2.22. The number of aromatic nitrogens is 7. The molecule has 0 spiro atoms. The van der Waals surface area contributed by atoms with Gasteiger partial charge in [-0.2, -0.15) is 0 Å². The summed E-state index contributed by atoms with van der Waals surface area (Å²) in [5.41, 5.74) is 27.0. The van der Waals surface area contributed by atoms with Crippen molar-refractivity contribution in [3.8, 4) is 72.7 Å². The lowest BCUT2D eigenvalue weighted by atomic mass is 9.85. The second-order valence-electron chi connectivity index (χ2n) is 26.0. The number of benzene rings is 12. The Balaban J connectivity index is 1.05. The second-order valence-corrected chi connectivity index (χ2v) is 26.0. The van der Waals surface area contributed by atoms with Crippen molar-refractivity contribution in [2.75, 3.05) is 0 Å². The van der Waals surface area contributed by atoms with Crippen LogP contribution < -0.4 is 0 Å². The Kier molecular flexibility index (Phi) is 11.6. The van der Waals surface area contributed by atoms with Gasteiger partial charge >= 0.3 is 0 Å². The number of hydrogen-bond acceptors (Lipinski definition) is 2. The molecule has 426 valence electrons. The molecule has 89 heavy (non-hydrogen) atoms. The molecule has 0 atom stereocenters. The Morgan fingerprint density at radius 2 is 0.584 bits per heavy atom. The third-order valence-corrected chi connectivity index (χ3v) is 18.4. The van der Waals surface area contributed by atoms with Gasteiger partial charge in [0.25, 0.3) is 0 Å². The molecule has 0 aliphatic rings. The minimum absolute atomic E-state index is 0.0810. The van der Waals surface area contributed by atoms with E-state index < -0.39 is 0 Å². The van der Waals surface area contributed by atoms with Crippen molar-refractivity contribution in [2.24, 2.45) is 0 Å². The van der Waals surface area contributed by atoms with E-state index >= 15 is 0 Å². The van der Waals surface area contributed by atoms with Crippen molar-refractivity contribution in [2.45, 2.75) is 52.4 Å². The molecule has 0 N–H and O–H groups in total. The summed E-state index contributed by atoms with van der Waals surface area (Å²) in [5.74, 6) is 1.63. The van der Waals surface area contributed by atoms with Gasteiger partial charge in [0.1, 0.15) is 0 Å². The van der Waals surface area contributed by atoms with Crippen LogP contribution in [0.25, 0.3) is 150 Å². The topological polar surface area (TPSA) is 49.4 Å². The number of rotatable bonds is 8. The van der Waals surface area contributed by atoms with Gasteiger partial charge in [-0.15, -0.1) is 0 Å².